The van der Waals surface area contributed by atoms with Crippen LogP contribution in [0.15, 0.2) is 30.3 Å². The highest BCUT2D eigenvalue weighted by Crippen LogP contribution is 2.44. The molecule has 0 radical (unpaired) electrons. The van der Waals surface area contributed by atoms with Crippen molar-refractivity contribution in [3.8, 4) is 0 Å². The summed E-state index contributed by atoms with van der Waals surface area (Å²) >= 11 is 0. The zero-order valence-electron chi connectivity index (χ0n) is 15.2. The van der Waals surface area contributed by atoms with Gasteiger partial charge in [-0.3, -0.25) is 9.59 Å². The molecule has 1 atom stereocenters. The Labute approximate surface area is 149 Å². The zero-order valence-corrected chi connectivity index (χ0v) is 15.2. The number of hydrogen-bond donors (Lipinski definition) is 1. The molecule has 1 unspecified atom stereocenters. The van der Waals surface area contributed by atoms with Gasteiger partial charge in [0, 0.05) is 6.54 Å². The van der Waals surface area contributed by atoms with E-state index in [1.807, 2.05) is 30.3 Å². The lowest BCUT2D eigenvalue weighted by Gasteiger charge is -2.42. The quantitative estimate of drug-likeness (QED) is 0.837. The Hall–Kier alpha value is -1.88. The number of benzene rings is 1. The number of nitrogens with zero attached hydrogens (tertiary/aromatic N) is 1. The Balaban J connectivity index is 1.90. The Bertz CT molecular complexity index is 636. The fourth-order valence-corrected chi connectivity index (χ4v) is 4.21. The lowest BCUT2D eigenvalue weighted by atomic mass is 9.71. The molecular weight excluding hydrogens is 316 g/mol. The molecule has 1 heterocycles. The van der Waals surface area contributed by atoms with Crippen molar-refractivity contribution in [2.75, 3.05) is 6.54 Å². The standard InChI is InChI=1S/C20H28N2O3/c1-19(2)22(18(24)17(21)15-9-5-3-6-10-15)14-20(13-16(23)25-19)11-7-4-8-12-20/h3,5-6,9-10,17H,4,7-8,11-14,21H2,1-2H3. The van der Waals surface area contributed by atoms with E-state index in [1.54, 1.807) is 18.7 Å². The highest BCUT2D eigenvalue weighted by Gasteiger charge is 2.47. The fourth-order valence-electron chi connectivity index (χ4n) is 4.21. The molecule has 0 bridgehead atoms. The van der Waals surface area contributed by atoms with Gasteiger partial charge in [-0.15, -0.1) is 0 Å². The van der Waals surface area contributed by atoms with Gasteiger partial charge in [0.05, 0.1) is 6.42 Å². The smallest absolute Gasteiger partial charge is 0.308 e. The van der Waals surface area contributed by atoms with Crippen molar-refractivity contribution < 1.29 is 14.3 Å². The number of ether oxygens (including phenoxy) is 1. The minimum atomic E-state index is -0.985. The number of carbonyl (C=O) groups is 2. The maximum atomic E-state index is 13.2. The molecule has 5 heteroatoms. The monoisotopic (exact) mass is 344 g/mol. The SMILES string of the molecule is CC1(C)OC(=O)CC2(CCCCC2)CN1C(=O)C(N)c1ccccc1. The van der Waals surface area contributed by atoms with Crippen LogP contribution in [0.25, 0.3) is 0 Å². The number of esters is 1. The number of hydrogen-bond acceptors (Lipinski definition) is 4. The number of amides is 1. The molecule has 0 aromatic heterocycles. The average molecular weight is 344 g/mol. The fraction of sp³-hybridized carbons (Fsp3) is 0.600. The molecule has 2 N–H and O–H groups in total. The normalized spacial score (nSPS) is 23.6. The van der Waals surface area contributed by atoms with Crippen molar-refractivity contribution in [3.05, 3.63) is 35.9 Å². The van der Waals surface area contributed by atoms with Crippen LogP contribution in [0.2, 0.25) is 0 Å². The summed E-state index contributed by atoms with van der Waals surface area (Å²) in [5.74, 6) is -0.397. The summed E-state index contributed by atoms with van der Waals surface area (Å²) < 4.78 is 5.66. The summed E-state index contributed by atoms with van der Waals surface area (Å²) in [7, 11) is 0. The number of cyclic esters (lactones) is 1. The molecule has 5 nitrogen and oxygen atoms in total. The molecule has 2 aliphatic rings. The molecule has 3 rings (SSSR count). The third-order valence-electron chi connectivity index (χ3n) is 5.63. The van der Waals surface area contributed by atoms with E-state index in [9.17, 15) is 9.59 Å². The van der Waals surface area contributed by atoms with Gasteiger partial charge in [-0.25, -0.2) is 0 Å². The largest absolute Gasteiger partial charge is 0.439 e. The second kappa shape index (κ2) is 6.79. The molecule has 1 aliphatic heterocycles. The first kappa shape index (κ1) is 17.9. The van der Waals surface area contributed by atoms with E-state index in [2.05, 4.69) is 0 Å². The van der Waals surface area contributed by atoms with E-state index in [-0.39, 0.29) is 17.3 Å². The van der Waals surface area contributed by atoms with Crippen LogP contribution in [0, 0.1) is 5.41 Å². The predicted molar refractivity (Wildman–Crippen MR) is 95.4 cm³/mol. The molecule has 136 valence electrons. The van der Waals surface area contributed by atoms with Crippen LogP contribution in [-0.2, 0) is 14.3 Å². The molecular formula is C20H28N2O3. The van der Waals surface area contributed by atoms with E-state index in [0.717, 1.165) is 31.2 Å². The second-order valence-electron chi connectivity index (χ2n) is 7.97. The maximum Gasteiger partial charge on any atom is 0.308 e. The van der Waals surface area contributed by atoms with Crippen molar-refractivity contribution in [3.63, 3.8) is 0 Å². The van der Waals surface area contributed by atoms with Gasteiger partial charge in [-0.05, 0) is 37.7 Å². The second-order valence-corrected chi connectivity index (χ2v) is 7.97. The zero-order chi connectivity index (χ0) is 18.1. The van der Waals surface area contributed by atoms with Crippen LogP contribution in [0.5, 0.6) is 0 Å². The van der Waals surface area contributed by atoms with Crippen LogP contribution in [0.1, 0.15) is 64.0 Å². The van der Waals surface area contributed by atoms with Gasteiger partial charge in [0.15, 0.2) is 5.72 Å². The highest BCUT2D eigenvalue weighted by atomic mass is 16.6. The summed E-state index contributed by atoms with van der Waals surface area (Å²) in [6, 6.07) is 8.61. The maximum absolute atomic E-state index is 13.2. The van der Waals surface area contributed by atoms with Gasteiger partial charge >= 0.3 is 5.97 Å². The lowest BCUT2D eigenvalue weighted by Crippen LogP contribution is -2.54. The Kier molecular flexibility index (Phi) is 4.87. The summed E-state index contributed by atoms with van der Waals surface area (Å²) in [6.07, 6.45) is 5.70. The van der Waals surface area contributed by atoms with E-state index in [1.165, 1.54) is 6.42 Å². The molecule has 1 spiro atoms. The highest BCUT2D eigenvalue weighted by molar-refractivity contribution is 5.84. The van der Waals surface area contributed by atoms with Crippen molar-refractivity contribution in [2.45, 2.75) is 64.1 Å². The third-order valence-corrected chi connectivity index (χ3v) is 5.63. The predicted octanol–water partition coefficient (Wildman–Crippen LogP) is 3.15. The average Bonchev–Trinajstić information content (AvgIpc) is 2.68. The Morgan fingerprint density at radius 1 is 1.16 bits per heavy atom. The minimum absolute atomic E-state index is 0.171. The summed E-state index contributed by atoms with van der Waals surface area (Å²) in [5, 5.41) is 0. The van der Waals surface area contributed by atoms with E-state index in [4.69, 9.17) is 10.5 Å². The lowest BCUT2D eigenvalue weighted by molar-refractivity contribution is -0.178. The van der Waals surface area contributed by atoms with Gasteiger partial charge in [0.1, 0.15) is 6.04 Å². The van der Waals surface area contributed by atoms with E-state index >= 15 is 0 Å². The molecule has 1 aliphatic carbocycles. The van der Waals surface area contributed by atoms with Crippen LogP contribution in [0.4, 0.5) is 0 Å². The van der Waals surface area contributed by atoms with E-state index in [0.29, 0.717) is 13.0 Å². The van der Waals surface area contributed by atoms with Crippen molar-refractivity contribution in [1.29, 1.82) is 0 Å². The first-order valence-electron chi connectivity index (χ1n) is 9.17. The van der Waals surface area contributed by atoms with Gasteiger partial charge in [0.2, 0.25) is 5.91 Å². The molecule has 1 aromatic rings. The van der Waals surface area contributed by atoms with Gasteiger partial charge < -0.3 is 15.4 Å². The summed E-state index contributed by atoms with van der Waals surface area (Å²) in [5.41, 5.74) is 5.88. The molecule has 1 saturated heterocycles. The van der Waals surface area contributed by atoms with Crippen molar-refractivity contribution >= 4 is 11.9 Å². The first-order valence-corrected chi connectivity index (χ1v) is 9.17. The van der Waals surface area contributed by atoms with Crippen molar-refractivity contribution in [1.82, 2.24) is 4.90 Å². The molecule has 25 heavy (non-hydrogen) atoms. The number of rotatable bonds is 2. The summed E-state index contributed by atoms with van der Waals surface area (Å²) in [4.78, 5) is 27.3. The van der Waals surface area contributed by atoms with Crippen molar-refractivity contribution in [2.24, 2.45) is 11.1 Å². The minimum Gasteiger partial charge on any atom is -0.439 e. The van der Waals surface area contributed by atoms with Crippen LogP contribution in [0.3, 0.4) is 0 Å². The first-order chi connectivity index (χ1) is 11.8. The van der Waals surface area contributed by atoms with Gasteiger partial charge in [-0.2, -0.15) is 0 Å². The molecule has 1 saturated carbocycles. The van der Waals surface area contributed by atoms with Gasteiger partial charge in [-0.1, -0.05) is 49.6 Å². The van der Waals surface area contributed by atoms with Crippen LogP contribution in [-0.4, -0.2) is 29.0 Å². The molecule has 1 amide bonds. The number of nitrogens with two attached hydrogens (primary N) is 1. The molecule has 1 aromatic carbocycles. The Morgan fingerprint density at radius 3 is 2.44 bits per heavy atom. The third kappa shape index (κ3) is 3.71. The van der Waals surface area contributed by atoms with E-state index < -0.39 is 11.8 Å². The number of carbonyl (C=O) groups excluding carboxylic acids is 2. The Morgan fingerprint density at radius 2 is 1.80 bits per heavy atom. The van der Waals surface area contributed by atoms with Crippen LogP contribution < -0.4 is 5.73 Å². The molecule has 2 fully saturated rings. The topological polar surface area (TPSA) is 72.6 Å². The summed E-state index contributed by atoms with van der Waals surface area (Å²) in [6.45, 7) is 4.09. The van der Waals surface area contributed by atoms with Crippen LogP contribution >= 0.6 is 0 Å². The van der Waals surface area contributed by atoms with Gasteiger partial charge in [0.25, 0.3) is 0 Å².